The fourth-order valence-corrected chi connectivity index (χ4v) is 3.14. The van der Waals surface area contributed by atoms with Crippen LogP contribution in [0.4, 0.5) is 0 Å². The molecule has 0 aliphatic heterocycles. The van der Waals surface area contributed by atoms with E-state index in [0.29, 0.717) is 0 Å². The largest absolute Gasteiger partial charge is 0.297 e. The number of halogens is 2. The van der Waals surface area contributed by atoms with Gasteiger partial charge in [0.15, 0.2) is 5.78 Å². The highest BCUT2D eigenvalue weighted by Gasteiger charge is 2.42. The normalized spacial score (nSPS) is 25.2. The van der Waals surface area contributed by atoms with Crippen LogP contribution in [0, 0.1) is 0 Å². The number of hydrogen-bond donors (Lipinski definition) is 0. The maximum atomic E-state index is 12.6. The molecule has 1 aromatic carbocycles. The average molecular weight is 373 g/mol. The molecule has 0 spiro atoms. The van der Waals surface area contributed by atoms with E-state index in [1.54, 1.807) is 0 Å². The molecule has 0 N–H and O–H groups in total. The van der Waals surface area contributed by atoms with Crippen LogP contribution < -0.4 is 0 Å². The zero-order chi connectivity index (χ0) is 14.9. The number of Topliss-reactive ketones (excluding diaryl/α,β-unsaturated/α-hetero) is 1. The van der Waals surface area contributed by atoms with Gasteiger partial charge in [-0.05, 0) is 63.0 Å². The zero-order valence-corrected chi connectivity index (χ0v) is 15.4. The third-order valence-corrected chi connectivity index (χ3v) is 4.97. The van der Waals surface area contributed by atoms with E-state index in [-0.39, 0.29) is 29.6 Å². The summed E-state index contributed by atoms with van der Waals surface area (Å²) < 4.78 is 1.08. The molecule has 0 saturated heterocycles. The summed E-state index contributed by atoms with van der Waals surface area (Å²) in [5.74, 6) is 0.542. The van der Waals surface area contributed by atoms with Crippen LogP contribution in [0.25, 0.3) is 0 Å². The van der Waals surface area contributed by atoms with Crippen molar-refractivity contribution in [3.63, 3.8) is 0 Å². The van der Waals surface area contributed by atoms with Gasteiger partial charge in [-0.2, -0.15) is 0 Å². The molecule has 1 saturated carbocycles. The van der Waals surface area contributed by atoms with Gasteiger partial charge in [0, 0.05) is 4.47 Å². The summed E-state index contributed by atoms with van der Waals surface area (Å²) in [6.45, 7) is 4.19. The number of ketones is 1. The molecule has 2 nitrogen and oxygen atoms in total. The number of likely N-dealkylation sites (N-methyl/N-ethyl adjacent to an activating group) is 1. The number of benzene rings is 1. The first kappa shape index (κ1) is 18.4. The number of carbonyl (C=O) groups is 1. The van der Waals surface area contributed by atoms with Gasteiger partial charge in [-0.1, -0.05) is 41.1 Å². The fraction of sp³-hybridized carbons (Fsp3) is 0.471. The molecule has 1 aliphatic carbocycles. The van der Waals surface area contributed by atoms with Crippen molar-refractivity contribution in [1.29, 1.82) is 0 Å². The number of rotatable bonds is 3. The van der Waals surface area contributed by atoms with E-state index < -0.39 is 0 Å². The van der Waals surface area contributed by atoms with Gasteiger partial charge in [-0.25, -0.2) is 0 Å². The van der Waals surface area contributed by atoms with Crippen LogP contribution in [-0.2, 0) is 4.79 Å². The number of nitrogens with zero attached hydrogens (tertiary/aromatic N) is 1. The van der Waals surface area contributed by atoms with Gasteiger partial charge in [0.2, 0.25) is 0 Å². The molecule has 0 amide bonds. The standard InChI is InChI=1S/C17H22BrNO.ClH/c1-12(13-6-5-7-15(18)11-13)10-14-8-9-17(2,16(14)20)19(3)4;/h5-7,10-12H,8-9H2,1-4H3;1H/b14-10+;. The zero-order valence-electron chi connectivity index (χ0n) is 13.0. The van der Waals surface area contributed by atoms with E-state index in [0.717, 1.165) is 22.9 Å². The Balaban J connectivity index is 0.00000220. The van der Waals surface area contributed by atoms with Crippen LogP contribution in [-0.4, -0.2) is 30.3 Å². The predicted molar refractivity (Wildman–Crippen MR) is 94.2 cm³/mol. The molecule has 21 heavy (non-hydrogen) atoms. The molecule has 0 bridgehead atoms. The van der Waals surface area contributed by atoms with E-state index >= 15 is 0 Å². The second-order valence-electron chi connectivity index (χ2n) is 6.03. The summed E-state index contributed by atoms with van der Waals surface area (Å²) in [5.41, 5.74) is 1.88. The second-order valence-corrected chi connectivity index (χ2v) is 6.95. The van der Waals surface area contributed by atoms with E-state index in [4.69, 9.17) is 0 Å². The second kappa shape index (κ2) is 7.08. The highest BCUT2D eigenvalue weighted by atomic mass is 79.9. The Bertz CT molecular complexity index is 555. The smallest absolute Gasteiger partial charge is 0.178 e. The molecule has 116 valence electrons. The Morgan fingerprint density at radius 1 is 1.38 bits per heavy atom. The molecule has 0 radical (unpaired) electrons. The van der Waals surface area contributed by atoms with E-state index in [2.05, 4.69) is 41.1 Å². The lowest BCUT2D eigenvalue weighted by molar-refractivity contribution is -0.123. The van der Waals surface area contributed by atoms with Gasteiger partial charge in [0.25, 0.3) is 0 Å². The van der Waals surface area contributed by atoms with E-state index in [1.807, 2.05) is 38.1 Å². The SMILES string of the molecule is CC(/C=C1\CCC(C)(N(C)C)C1=O)c1cccc(Br)c1.Cl. The molecular formula is C17H23BrClNO. The third kappa shape index (κ3) is 3.77. The molecule has 1 fully saturated rings. The van der Waals surface area contributed by atoms with Crippen molar-refractivity contribution in [3.8, 4) is 0 Å². The number of allylic oxidation sites excluding steroid dienone is 1. The highest BCUT2D eigenvalue weighted by Crippen LogP contribution is 2.35. The van der Waals surface area contributed by atoms with Gasteiger partial charge >= 0.3 is 0 Å². The maximum Gasteiger partial charge on any atom is 0.178 e. The van der Waals surface area contributed by atoms with Crippen molar-refractivity contribution in [2.75, 3.05) is 14.1 Å². The topological polar surface area (TPSA) is 20.3 Å². The molecule has 2 unspecified atom stereocenters. The first-order valence-electron chi connectivity index (χ1n) is 7.03. The van der Waals surface area contributed by atoms with Crippen LogP contribution >= 0.6 is 28.3 Å². The van der Waals surface area contributed by atoms with Crippen molar-refractivity contribution >= 4 is 34.1 Å². The summed E-state index contributed by atoms with van der Waals surface area (Å²) in [4.78, 5) is 14.6. The molecule has 4 heteroatoms. The Morgan fingerprint density at radius 3 is 2.57 bits per heavy atom. The Hall–Kier alpha value is -0.640. The Kier molecular flexibility index (Phi) is 6.21. The predicted octanol–water partition coefficient (Wildman–Crippen LogP) is 4.58. The van der Waals surface area contributed by atoms with Crippen molar-refractivity contribution in [2.45, 2.75) is 38.1 Å². The lowest BCUT2D eigenvalue weighted by atomic mass is 9.94. The Morgan fingerprint density at radius 2 is 2.05 bits per heavy atom. The molecule has 2 rings (SSSR count). The third-order valence-electron chi connectivity index (χ3n) is 4.47. The molecular weight excluding hydrogens is 350 g/mol. The van der Waals surface area contributed by atoms with E-state index in [9.17, 15) is 4.79 Å². The van der Waals surface area contributed by atoms with Crippen LogP contribution in [0.5, 0.6) is 0 Å². The average Bonchev–Trinajstić information content (AvgIpc) is 2.68. The molecule has 2 atom stereocenters. The first-order valence-corrected chi connectivity index (χ1v) is 7.82. The van der Waals surface area contributed by atoms with Gasteiger partial charge in [0.05, 0.1) is 5.54 Å². The lowest BCUT2D eigenvalue weighted by Crippen LogP contribution is -2.45. The minimum Gasteiger partial charge on any atom is -0.297 e. The van der Waals surface area contributed by atoms with Crippen molar-refractivity contribution in [1.82, 2.24) is 4.90 Å². The fourth-order valence-electron chi connectivity index (χ4n) is 2.72. The molecule has 0 heterocycles. The lowest BCUT2D eigenvalue weighted by Gasteiger charge is -2.29. The number of hydrogen-bond acceptors (Lipinski definition) is 2. The van der Waals surface area contributed by atoms with Crippen LogP contribution in [0.15, 0.2) is 40.4 Å². The monoisotopic (exact) mass is 371 g/mol. The van der Waals surface area contributed by atoms with Gasteiger partial charge in [-0.15, -0.1) is 12.4 Å². The summed E-state index contributed by atoms with van der Waals surface area (Å²) in [5, 5.41) is 0. The molecule has 1 aliphatic rings. The summed E-state index contributed by atoms with van der Waals surface area (Å²) in [6.07, 6.45) is 3.93. The Labute approximate surface area is 142 Å². The van der Waals surface area contributed by atoms with Gasteiger partial charge < -0.3 is 0 Å². The number of carbonyl (C=O) groups excluding carboxylic acids is 1. The summed E-state index contributed by atoms with van der Waals surface area (Å²) in [7, 11) is 3.97. The van der Waals surface area contributed by atoms with Gasteiger partial charge in [0.1, 0.15) is 0 Å². The summed E-state index contributed by atoms with van der Waals surface area (Å²) in [6, 6.07) is 8.28. The summed E-state index contributed by atoms with van der Waals surface area (Å²) >= 11 is 3.50. The highest BCUT2D eigenvalue weighted by molar-refractivity contribution is 9.10. The quantitative estimate of drug-likeness (QED) is 0.724. The van der Waals surface area contributed by atoms with Crippen LogP contribution in [0.2, 0.25) is 0 Å². The minimum absolute atomic E-state index is 0. The maximum absolute atomic E-state index is 12.6. The molecule has 0 aromatic heterocycles. The van der Waals surface area contributed by atoms with Crippen LogP contribution in [0.3, 0.4) is 0 Å². The molecule has 1 aromatic rings. The van der Waals surface area contributed by atoms with E-state index in [1.165, 1.54) is 5.56 Å². The van der Waals surface area contributed by atoms with Gasteiger partial charge in [-0.3, -0.25) is 9.69 Å². The minimum atomic E-state index is -0.331. The van der Waals surface area contributed by atoms with Crippen molar-refractivity contribution in [2.24, 2.45) is 0 Å². The van der Waals surface area contributed by atoms with Crippen molar-refractivity contribution in [3.05, 3.63) is 46.0 Å². The van der Waals surface area contributed by atoms with Crippen molar-refractivity contribution < 1.29 is 4.79 Å². The first-order chi connectivity index (χ1) is 9.34. The van der Waals surface area contributed by atoms with Crippen LogP contribution in [0.1, 0.15) is 38.2 Å².